The summed E-state index contributed by atoms with van der Waals surface area (Å²) in [4.78, 5) is 11.3. The van der Waals surface area contributed by atoms with Gasteiger partial charge in [0.05, 0.1) is 18.1 Å². The van der Waals surface area contributed by atoms with Gasteiger partial charge in [-0.05, 0) is 19.1 Å². The zero-order valence-electron chi connectivity index (χ0n) is 11.6. The maximum Gasteiger partial charge on any atom is 0.243 e. The molecule has 7 heteroatoms. The molecule has 0 saturated carbocycles. The number of aliphatic hydroxyl groups excluding tert-OH is 1. The SMILES string of the molecule is COCCN(CCO)S(=O)(=O)c1ccc(C(C)=O)cc1. The van der Waals surface area contributed by atoms with E-state index < -0.39 is 10.0 Å². The lowest BCUT2D eigenvalue weighted by Crippen LogP contribution is -2.36. The molecule has 20 heavy (non-hydrogen) atoms. The topological polar surface area (TPSA) is 83.9 Å². The summed E-state index contributed by atoms with van der Waals surface area (Å²) >= 11 is 0. The predicted molar refractivity (Wildman–Crippen MR) is 74.2 cm³/mol. The highest BCUT2D eigenvalue weighted by Gasteiger charge is 2.23. The summed E-state index contributed by atoms with van der Waals surface area (Å²) in [6.45, 7) is 1.55. The first-order valence-electron chi connectivity index (χ1n) is 6.14. The maximum absolute atomic E-state index is 12.4. The lowest BCUT2D eigenvalue weighted by Gasteiger charge is -2.21. The average molecular weight is 301 g/mol. The van der Waals surface area contributed by atoms with Crippen LogP contribution in [-0.2, 0) is 14.8 Å². The van der Waals surface area contributed by atoms with Crippen molar-refractivity contribution in [3.05, 3.63) is 29.8 Å². The van der Waals surface area contributed by atoms with Crippen molar-refractivity contribution in [3.8, 4) is 0 Å². The molecule has 112 valence electrons. The van der Waals surface area contributed by atoms with Gasteiger partial charge < -0.3 is 9.84 Å². The van der Waals surface area contributed by atoms with Crippen LogP contribution in [0.3, 0.4) is 0 Å². The van der Waals surface area contributed by atoms with Crippen LogP contribution in [-0.4, -0.2) is 57.0 Å². The number of nitrogens with zero attached hydrogens (tertiary/aromatic N) is 1. The van der Waals surface area contributed by atoms with Crippen LogP contribution in [0, 0.1) is 0 Å². The number of carbonyl (C=O) groups excluding carboxylic acids is 1. The minimum absolute atomic E-state index is 0.000152. The average Bonchev–Trinajstić information content (AvgIpc) is 2.43. The molecular formula is C13H19NO5S. The summed E-state index contributed by atoms with van der Waals surface area (Å²) in [6.07, 6.45) is 0. The van der Waals surface area contributed by atoms with Gasteiger partial charge in [0.1, 0.15) is 0 Å². The second-order valence-electron chi connectivity index (χ2n) is 4.20. The second-order valence-corrected chi connectivity index (χ2v) is 6.14. The van der Waals surface area contributed by atoms with Gasteiger partial charge in [-0.15, -0.1) is 0 Å². The zero-order valence-corrected chi connectivity index (χ0v) is 12.4. The summed E-state index contributed by atoms with van der Waals surface area (Å²) in [7, 11) is -2.22. The zero-order chi connectivity index (χ0) is 15.2. The van der Waals surface area contributed by atoms with Crippen molar-refractivity contribution in [1.29, 1.82) is 0 Å². The molecule has 1 N–H and O–H groups in total. The van der Waals surface area contributed by atoms with Gasteiger partial charge in [-0.25, -0.2) is 8.42 Å². The fraction of sp³-hybridized carbons (Fsp3) is 0.462. The number of benzene rings is 1. The van der Waals surface area contributed by atoms with Gasteiger partial charge in [-0.2, -0.15) is 4.31 Å². The smallest absolute Gasteiger partial charge is 0.243 e. The van der Waals surface area contributed by atoms with E-state index in [9.17, 15) is 13.2 Å². The van der Waals surface area contributed by atoms with E-state index in [0.717, 1.165) is 4.31 Å². The molecule has 0 aliphatic rings. The van der Waals surface area contributed by atoms with Gasteiger partial charge in [-0.3, -0.25) is 4.79 Å². The van der Waals surface area contributed by atoms with Crippen molar-refractivity contribution < 1.29 is 23.1 Å². The molecule has 0 bridgehead atoms. The third-order valence-corrected chi connectivity index (χ3v) is 4.71. The van der Waals surface area contributed by atoms with Gasteiger partial charge in [0.15, 0.2) is 5.78 Å². The van der Waals surface area contributed by atoms with Gasteiger partial charge in [-0.1, -0.05) is 12.1 Å². The number of hydrogen-bond donors (Lipinski definition) is 1. The summed E-state index contributed by atoms with van der Waals surface area (Å²) in [5.74, 6) is -0.124. The molecule has 0 aliphatic heterocycles. The Morgan fingerprint density at radius 1 is 1.25 bits per heavy atom. The van der Waals surface area contributed by atoms with E-state index in [4.69, 9.17) is 9.84 Å². The molecule has 0 spiro atoms. The van der Waals surface area contributed by atoms with Gasteiger partial charge in [0.2, 0.25) is 10.0 Å². The van der Waals surface area contributed by atoms with Crippen LogP contribution in [0.1, 0.15) is 17.3 Å². The summed E-state index contributed by atoms with van der Waals surface area (Å²) in [5.41, 5.74) is 0.453. The minimum atomic E-state index is -3.70. The van der Waals surface area contributed by atoms with Crippen LogP contribution in [0.4, 0.5) is 0 Å². The first-order valence-corrected chi connectivity index (χ1v) is 7.58. The molecule has 0 fully saturated rings. The summed E-state index contributed by atoms with van der Waals surface area (Å²) < 4.78 is 30.8. The van der Waals surface area contributed by atoms with Crippen LogP contribution < -0.4 is 0 Å². The Morgan fingerprint density at radius 2 is 1.85 bits per heavy atom. The van der Waals surface area contributed by atoms with Gasteiger partial charge in [0.25, 0.3) is 0 Å². The van der Waals surface area contributed by atoms with Crippen molar-refractivity contribution in [2.45, 2.75) is 11.8 Å². The van der Waals surface area contributed by atoms with Crippen LogP contribution in [0.5, 0.6) is 0 Å². The highest BCUT2D eigenvalue weighted by molar-refractivity contribution is 7.89. The molecule has 0 aliphatic carbocycles. The Balaban J connectivity index is 3.02. The molecule has 0 radical (unpaired) electrons. The molecule has 1 rings (SSSR count). The van der Waals surface area contributed by atoms with E-state index in [1.807, 2.05) is 0 Å². The standard InChI is InChI=1S/C13H19NO5S/c1-11(16)12-3-5-13(6-4-12)20(17,18)14(7-9-15)8-10-19-2/h3-6,15H,7-10H2,1-2H3. The Bertz CT molecular complexity index is 538. The quantitative estimate of drug-likeness (QED) is 0.708. The molecule has 0 atom stereocenters. The lowest BCUT2D eigenvalue weighted by atomic mass is 10.2. The monoisotopic (exact) mass is 301 g/mol. The van der Waals surface area contributed by atoms with Gasteiger partial charge >= 0.3 is 0 Å². The predicted octanol–water partition coefficient (Wildman–Crippen LogP) is 0.519. The fourth-order valence-electron chi connectivity index (χ4n) is 1.67. The normalized spacial score (nSPS) is 11.8. The first-order chi connectivity index (χ1) is 9.43. The first kappa shape index (κ1) is 16.8. The number of ketones is 1. The Kier molecular flexibility index (Phi) is 6.28. The molecule has 0 heterocycles. The Labute approximate surface area is 119 Å². The molecule has 0 unspecified atom stereocenters. The van der Waals surface area contributed by atoms with Crippen molar-refractivity contribution >= 4 is 15.8 Å². The molecule has 1 aromatic carbocycles. The Hall–Kier alpha value is -1.28. The van der Waals surface area contributed by atoms with E-state index in [1.54, 1.807) is 0 Å². The third kappa shape index (κ3) is 4.11. The van der Waals surface area contributed by atoms with Crippen LogP contribution in [0.15, 0.2) is 29.2 Å². The number of Topliss-reactive ketones (excluding diaryl/α,β-unsaturated/α-hetero) is 1. The van der Waals surface area contributed by atoms with E-state index in [0.29, 0.717) is 5.56 Å². The van der Waals surface area contributed by atoms with Crippen molar-refractivity contribution in [3.63, 3.8) is 0 Å². The number of hydrogen-bond acceptors (Lipinski definition) is 5. The third-order valence-electron chi connectivity index (χ3n) is 2.79. The van der Waals surface area contributed by atoms with E-state index >= 15 is 0 Å². The molecule has 1 aromatic rings. The number of aliphatic hydroxyl groups is 1. The summed E-state index contributed by atoms with van der Waals surface area (Å²) in [6, 6.07) is 5.73. The van der Waals surface area contributed by atoms with Gasteiger partial charge in [0, 0.05) is 25.8 Å². The van der Waals surface area contributed by atoms with Crippen molar-refractivity contribution in [1.82, 2.24) is 4.31 Å². The Morgan fingerprint density at radius 3 is 2.30 bits per heavy atom. The number of ether oxygens (including phenoxy) is 1. The van der Waals surface area contributed by atoms with Crippen LogP contribution in [0.2, 0.25) is 0 Å². The second kappa shape index (κ2) is 7.49. The van der Waals surface area contributed by atoms with E-state index in [2.05, 4.69) is 0 Å². The molecule has 0 aromatic heterocycles. The fourth-order valence-corrected chi connectivity index (χ4v) is 3.08. The molecule has 0 amide bonds. The minimum Gasteiger partial charge on any atom is -0.395 e. The number of carbonyl (C=O) groups is 1. The number of rotatable bonds is 8. The van der Waals surface area contributed by atoms with Crippen LogP contribution in [0.25, 0.3) is 0 Å². The lowest BCUT2D eigenvalue weighted by molar-refractivity contribution is 0.101. The maximum atomic E-state index is 12.4. The largest absolute Gasteiger partial charge is 0.395 e. The highest BCUT2D eigenvalue weighted by atomic mass is 32.2. The van der Waals surface area contributed by atoms with E-state index in [-0.39, 0.29) is 37.0 Å². The molecule has 0 saturated heterocycles. The number of sulfonamides is 1. The van der Waals surface area contributed by atoms with Crippen LogP contribution >= 0.6 is 0 Å². The molecule has 6 nitrogen and oxygen atoms in total. The van der Waals surface area contributed by atoms with Crippen molar-refractivity contribution in [2.24, 2.45) is 0 Å². The van der Waals surface area contributed by atoms with E-state index in [1.165, 1.54) is 38.3 Å². The molecular weight excluding hydrogens is 282 g/mol. The number of methoxy groups -OCH3 is 1. The van der Waals surface area contributed by atoms with Crippen molar-refractivity contribution in [2.75, 3.05) is 33.4 Å². The highest BCUT2D eigenvalue weighted by Crippen LogP contribution is 2.16. The summed E-state index contributed by atoms with van der Waals surface area (Å²) in [5, 5.41) is 8.97.